The third-order valence-corrected chi connectivity index (χ3v) is 4.30. The van der Waals surface area contributed by atoms with Crippen molar-refractivity contribution >= 4 is 5.91 Å². The number of hydrogen-bond acceptors (Lipinski definition) is 4. The molecule has 2 aliphatic rings. The van der Waals surface area contributed by atoms with Gasteiger partial charge in [-0.05, 0) is 48.8 Å². The number of halogens is 2. The largest absolute Gasteiger partial charge is 0.489 e. The Kier molecular flexibility index (Phi) is 4.66. The molecular formula is C16H20F2N2O3. The predicted molar refractivity (Wildman–Crippen MR) is 79.6 cm³/mol. The van der Waals surface area contributed by atoms with Gasteiger partial charge < -0.3 is 20.5 Å². The highest BCUT2D eigenvalue weighted by molar-refractivity contribution is 5.80. The van der Waals surface area contributed by atoms with Gasteiger partial charge in [-0.15, -0.1) is 0 Å². The molecule has 1 saturated carbocycles. The van der Waals surface area contributed by atoms with Gasteiger partial charge >= 0.3 is 6.61 Å². The number of ether oxygens (including phenoxy) is 2. The first-order valence-electron chi connectivity index (χ1n) is 7.77. The molecule has 1 aromatic rings. The molecule has 1 aromatic carbocycles. The number of carbonyl (C=O) groups excluding carboxylic acids is 1. The van der Waals surface area contributed by atoms with Crippen LogP contribution < -0.4 is 20.5 Å². The molecule has 1 aliphatic heterocycles. The zero-order chi connectivity index (χ0) is 16.4. The van der Waals surface area contributed by atoms with E-state index in [1.807, 2.05) is 0 Å². The normalized spacial score (nSPS) is 24.0. The van der Waals surface area contributed by atoms with Crippen LogP contribution in [0.1, 0.15) is 30.7 Å². The lowest BCUT2D eigenvalue weighted by molar-refractivity contribution is -0.119. The summed E-state index contributed by atoms with van der Waals surface area (Å²) in [5, 5.41) is 3.06. The summed E-state index contributed by atoms with van der Waals surface area (Å²) in [5.74, 6) is 0.594. The van der Waals surface area contributed by atoms with Crippen LogP contribution in [0, 0.1) is 5.92 Å². The molecule has 0 aromatic heterocycles. The van der Waals surface area contributed by atoms with Gasteiger partial charge in [-0.2, -0.15) is 8.78 Å². The average molecular weight is 326 g/mol. The Morgan fingerprint density at radius 1 is 1.35 bits per heavy atom. The van der Waals surface area contributed by atoms with Crippen LogP contribution in [0.5, 0.6) is 11.5 Å². The van der Waals surface area contributed by atoms with Crippen LogP contribution >= 0.6 is 0 Å². The monoisotopic (exact) mass is 326 g/mol. The van der Waals surface area contributed by atoms with Gasteiger partial charge in [0, 0.05) is 6.54 Å². The van der Waals surface area contributed by atoms with E-state index >= 15 is 0 Å². The Balaban J connectivity index is 1.75. The Bertz CT molecular complexity index is 578. The third-order valence-electron chi connectivity index (χ3n) is 4.30. The highest BCUT2D eigenvalue weighted by Gasteiger charge is 2.30. The molecule has 0 radical (unpaired) electrons. The molecule has 1 saturated heterocycles. The summed E-state index contributed by atoms with van der Waals surface area (Å²) in [6.07, 6.45) is 2.81. The maximum absolute atomic E-state index is 12.5. The van der Waals surface area contributed by atoms with E-state index in [1.54, 1.807) is 12.1 Å². The van der Waals surface area contributed by atoms with Gasteiger partial charge in [0.15, 0.2) is 11.5 Å². The summed E-state index contributed by atoms with van der Waals surface area (Å²) in [6.45, 7) is -1.77. The van der Waals surface area contributed by atoms with Crippen molar-refractivity contribution in [3.63, 3.8) is 0 Å². The van der Waals surface area contributed by atoms with E-state index < -0.39 is 6.61 Å². The third kappa shape index (κ3) is 4.10. The van der Waals surface area contributed by atoms with E-state index in [4.69, 9.17) is 10.5 Å². The van der Waals surface area contributed by atoms with Gasteiger partial charge in [0.1, 0.15) is 0 Å². The molecular weight excluding hydrogens is 306 g/mol. The first kappa shape index (κ1) is 16.0. The molecule has 126 valence electrons. The summed E-state index contributed by atoms with van der Waals surface area (Å²) in [4.78, 5) is 11.2. The molecule has 1 amide bonds. The van der Waals surface area contributed by atoms with E-state index in [0.29, 0.717) is 31.2 Å². The molecule has 0 spiro atoms. The lowest BCUT2D eigenvalue weighted by Crippen LogP contribution is -2.36. The zero-order valence-corrected chi connectivity index (χ0v) is 12.6. The molecule has 2 fully saturated rings. The first-order chi connectivity index (χ1) is 11.0. The van der Waals surface area contributed by atoms with Crippen molar-refractivity contribution < 1.29 is 23.0 Å². The van der Waals surface area contributed by atoms with Crippen molar-refractivity contribution in [2.75, 3.05) is 13.2 Å². The van der Waals surface area contributed by atoms with E-state index in [0.717, 1.165) is 18.4 Å². The van der Waals surface area contributed by atoms with Crippen LogP contribution in [0.2, 0.25) is 0 Å². The molecule has 5 nitrogen and oxygen atoms in total. The molecule has 23 heavy (non-hydrogen) atoms. The second-order valence-electron chi connectivity index (χ2n) is 6.13. The maximum Gasteiger partial charge on any atom is 0.387 e. The van der Waals surface area contributed by atoms with Crippen molar-refractivity contribution in [1.29, 1.82) is 0 Å². The Labute approximate surface area is 133 Å². The molecule has 3 N–H and O–H groups in total. The molecule has 2 atom stereocenters. The summed E-state index contributed by atoms with van der Waals surface area (Å²) >= 11 is 0. The smallest absolute Gasteiger partial charge is 0.387 e. The van der Waals surface area contributed by atoms with Crippen molar-refractivity contribution in [3.8, 4) is 11.5 Å². The van der Waals surface area contributed by atoms with Crippen LogP contribution in [-0.4, -0.2) is 31.7 Å². The lowest BCUT2D eigenvalue weighted by Gasteiger charge is -2.16. The Morgan fingerprint density at radius 2 is 2.13 bits per heavy atom. The Hall–Kier alpha value is -1.89. The van der Waals surface area contributed by atoms with E-state index in [-0.39, 0.29) is 23.6 Å². The number of primary amides is 1. The summed E-state index contributed by atoms with van der Waals surface area (Å²) in [7, 11) is 0. The molecule has 0 bridgehead atoms. The van der Waals surface area contributed by atoms with Gasteiger partial charge in [-0.3, -0.25) is 4.79 Å². The SMILES string of the molecule is NC(=O)[C@H]1CC(c2ccc(OC(F)F)c(OCC3CC3)c2)CN1. The highest BCUT2D eigenvalue weighted by atomic mass is 19.3. The van der Waals surface area contributed by atoms with Crippen LogP contribution in [0.4, 0.5) is 8.78 Å². The minimum Gasteiger partial charge on any atom is -0.489 e. The summed E-state index contributed by atoms with van der Waals surface area (Å²) in [6, 6.07) is 4.61. The fraction of sp³-hybridized carbons (Fsp3) is 0.562. The van der Waals surface area contributed by atoms with E-state index in [1.165, 1.54) is 6.07 Å². The van der Waals surface area contributed by atoms with Crippen LogP contribution in [-0.2, 0) is 4.79 Å². The number of carbonyl (C=O) groups is 1. The number of nitrogens with two attached hydrogens (primary N) is 1. The number of benzene rings is 1. The number of amides is 1. The van der Waals surface area contributed by atoms with Crippen molar-refractivity contribution in [2.24, 2.45) is 11.7 Å². The first-order valence-corrected chi connectivity index (χ1v) is 7.77. The van der Waals surface area contributed by atoms with E-state index in [9.17, 15) is 13.6 Å². The van der Waals surface area contributed by atoms with Gasteiger partial charge in [-0.25, -0.2) is 0 Å². The average Bonchev–Trinajstić information content (AvgIpc) is 3.19. The number of hydrogen-bond donors (Lipinski definition) is 2. The lowest BCUT2D eigenvalue weighted by atomic mass is 9.96. The topological polar surface area (TPSA) is 73.6 Å². The Morgan fingerprint density at radius 3 is 2.74 bits per heavy atom. The van der Waals surface area contributed by atoms with Crippen molar-refractivity contribution in [3.05, 3.63) is 23.8 Å². The van der Waals surface area contributed by atoms with Crippen LogP contribution in [0.15, 0.2) is 18.2 Å². The van der Waals surface area contributed by atoms with Gasteiger partial charge in [0.05, 0.1) is 12.6 Å². The minimum absolute atomic E-state index is 0.0433. The number of rotatable bonds is 7. The standard InChI is InChI=1S/C16H20F2N2O3/c17-16(18)23-13-4-3-10(6-14(13)22-8-9-1-2-9)11-5-12(15(19)21)20-7-11/h3-4,6,9,11-12,16,20H,1-2,5,7-8H2,(H2,19,21)/t11?,12-/m1/s1. The molecule has 7 heteroatoms. The van der Waals surface area contributed by atoms with Crippen LogP contribution in [0.3, 0.4) is 0 Å². The summed E-state index contributed by atoms with van der Waals surface area (Å²) in [5.41, 5.74) is 6.23. The summed E-state index contributed by atoms with van der Waals surface area (Å²) < 4.78 is 35.2. The maximum atomic E-state index is 12.5. The van der Waals surface area contributed by atoms with Gasteiger partial charge in [-0.1, -0.05) is 6.07 Å². The number of alkyl halides is 2. The molecule has 1 heterocycles. The van der Waals surface area contributed by atoms with Crippen LogP contribution in [0.25, 0.3) is 0 Å². The molecule has 1 aliphatic carbocycles. The second-order valence-corrected chi connectivity index (χ2v) is 6.13. The van der Waals surface area contributed by atoms with Crippen molar-refractivity contribution in [1.82, 2.24) is 5.32 Å². The highest BCUT2D eigenvalue weighted by Crippen LogP contribution is 2.37. The zero-order valence-electron chi connectivity index (χ0n) is 12.6. The van der Waals surface area contributed by atoms with Crippen molar-refractivity contribution in [2.45, 2.75) is 37.8 Å². The molecule has 1 unspecified atom stereocenters. The van der Waals surface area contributed by atoms with Gasteiger partial charge in [0.25, 0.3) is 0 Å². The fourth-order valence-corrected chi connectivity index (χ4v) is 2.78. The second kappa shape index (κ2) is 6.70. The quantitative estimate of drug-likeness (QED) is 0.804. The predicted octanol–water partition coefficient (Wildman–Crippen LogP) is 2.01. The van der Waals surface area contributed by atoms with E-state index in [2.05, 4.69) is 10.1 Å². The fourth-order valence-electron chi connectivity index (χ4n) is 2.78. The van der Waals surface area contributed by atoms with Gasteiger partial charge in [0.2, 0.25) is 5.91 Å². The molecule has 3 rings (SSSR count). The minimum atomic E-state index is -2.89. The number of nitrogens with one attached hydrogen (secondary N) is 1.